The van der Waals surface area contributed by atoms with E-state index in [0.29, 0.717) is 6.04 Å². The quantitative estimate of drug-likeness (QED) is 0.538. The van der Waals surface area contributed by atoms with Crippen LogP contribution in [0.2, 0.25) is 0 Å². The molecule has 1 aromatic rings. The molecule has 24 heavy (non-hydrogen) atoms. The van der Waals surface area contributed by atoms with Crippen LogP contribution in [0.1, 0.15) is 32.3 Å². The van der Waals surface area contributed by atoms with Crippen molar-refractivity contribution >= 4 is 5.96 Å². The van der Waals surface area contributed by atoms with Crippen LogP contribution in [-0.2, 0) is 6.42 Å². The van der Waals surface area contributed by atoms with Gasteiger partial charge in [-0.05, 0) is 44.7 Å². The number of rotatable bonds is 9. The monoisotopic (exact) mass is 332 g/mol. The zero-order chi connectivity index (χ0) is 17.4. The molecule has 0 aliphatic heterocycles. The number of hydrogen-bond acceptors (Lipinski definition) is 3. The molecular formula is C19H32N4O. The molecule has 0 aromatic heterocycles. The standard InChI is InChI=1S/C19H32N4O/c1-15(2)23(17-9-10-17)14-13-22-19(20-3)21-12-11-16-7-5-6-8-18(16)24-4/h5-8,15,17H,9-14H2,1-4H3,(H2,20,21,22). The van der Waals surface area contributed by atoms with Gasteiger partial charge in [0.15, 0.2) is 5.96 Å². The molecular weight excluding hydrogens is 300 g/mol. The van der Waals surface area contributed by atoms with Crippen molar-refractivity contribution in [1.29, 1.82) is 0 Å². The number of benzene rings is 1. The van der Waals surface area contributed by atoms with Crippen molar-refractivity contribution in [2.24, 2.45) is 4.99 Å². The summed E-state index contributed by atoms with van der Waals surface area (Å²) in [5, 5.41) is 6.80. The SMILES string of the molecule is CN=C(NCCc1ccccc1OC)NCCN(C(C)C)C1CC1. The summed E-state index contributed by atoms with van der Waals surface area (Å²) in [4.78, 5) is 6.89. The molecule has 0 heterocycles. The third-order valence-electron chi connectivity index (χ3n) is 4.44. The van der Waals surface area contributed by atoms with E-state index >= 15 is 0 Å². The Bertz CT molecular complexity index is 524. The highest BCUT2D eigenvalue weighted by Crippen LogP contribution is 2.27. The number of guanidine groups is 1. The van der Waals surface area contributed by atoms with Gasteiger partial charge in [0, 0.05) is 38.8 Å². The van der Waals surface area contributed by atoms with Gasteiger partial charge in [0.25, 0.3) is 0 Å². The Morgan fingerprint density at radius 2 is 1.96 bits per heavy atom. The maximum atomic E-state index is 5.39. The molecule has 0 unspecified atom stereocenters. The maximum absolute atomic E-state index is 5.39. The molecule has 1 aromatic carbocycles. The first-order valence-corrected chi connectivity index (χ1v) is 8.98. The highest BCUT2D eigenvalue weighted by Gasteiger charge is 2.30. The molecule has 1 fully saturated rings. The van der Waals surface area contributed by atoms with Crippen LogP contribution in [0.4, 0.5) is 0 Å². The van der Waals surface area contributed by atoms with Crippen molar-refractivity contribution in [2.75, 3.05) is 33.8 Å². The normalized spacial score (nSPS) is 15.0. The second-order valence-corrected chi connectivity index (χ2v) is 6.55. The summed E-state index contributed by atoms with van der Waals surface area (Å²) in [5.41, 5.74) is 1.21. The summed E-state index contributed by atoms with van der Waals surface area (Å²) >= 11 is 0. The van der Waals surface area contributed by atoms with E-state index in [2.05, 4.69) is 40.4 Å². The molecule has 0 saturated heterocycles. The van der Waals surface area contributed by atoms with E-state index < -0.39 is 0 Å². The maximum Gasteiger partial charge on any atom is 0.191 e. The lowest BCUT2D eigenvalue weighted by Gasteiger charge is -2.26. The van der Waals surface area contributed by atoms with Crippen LogP contribution in [-0.4, -0.2) is 56.7 Å². The lowest BCUT2D eigenvalue weighted by atomic mass is 10.1. The van der Waals surface area contributed by atoms with E-state index in [4.69, 9.17) is 4.74 Å². The average molecular weight is 332 g/mol. The van der Waals surface area contributed by atoms with Crippen LogP contribution in [0.3, 0.4) is 0 Å². The summed E-state index contributed by atoms with van der Waals surface area (Å²) in [5.74, 6) is 1.81. The fraction of sp³-hybridized carbons (Fsp3) is 0.632. The number of ether oxygens (including phenoxy) is 1. The Labute approximate surface area is 146 Å². The molecule has 0 amide bonds. The van der Waals surface area contributed by atoms with E-state index in [0.717, 1.165) is 43.8 Å². The van der Waals surface area contributed by atoms with Crippen LogP contribution >= 0.6 is 0 Å². The lowest BCUT2D eigenvalue weighted by molar-refractivity contribution is 0.215. The fourth-order valence-corrected chi connectivity index (χ4v) is 3.02. The molecule has 2 N–H and O–H groups in total. The molecule has 1 aliphatic rings. The van der Waals surface area contributed by atoms with Crippen molar-refractivity contribution in [3.8, 4) is 5.75 Å². The van der Waals surface area contributed by atoms with Crippen LogP contribution in [0.15, 0.2) is 29.3 Å². The van der Waals surface area contributed by atoms with Gasteiger partial charge in [-0.3, -0.25) is 9.89 Å². The molecule has 0 atom stereocenters. The number of methoxy groups -OCH3 is 1. The van der Waals surface area contributed by atoms with Crippen LogP contribution in [0.5, 0.6) is 5.75 Å². The number of hydrogen-bond donors (Lipinski definition) is 2. The minimum Gasteiger partial charge on any atom is -0.496 e. The molecule has 5 nitrogen and oxygen atoms in total. The van der Waals surface area contributed by atoms with E-state index in [1.807, 2.05) is 25.2 Å². The second kappa shape index (κ2) is 9.52. The molecule has 0 radical (unpaired) electrons. The Morgan fingerprint density at radius 3 is 2.58 bits per heavy atom. The number of nitrogens with zero attached hydrogens (tertiary/aromatic N) is 2. The number of para-hydroxylation sites is 1. The summed E-state index contributed by atoms with van der Waals surface area (Å²) in [7, 11) is 3.53. The van der Waals surface area contributed by atoms with Gasteiger partial charge in [-0.15, -0.1) is 0 Å². The Balaban J connectivity index is 1.70. The molecule has 1 saturated carbocycles. The highest BCUT2D eigenvalue weighted by atomic mass is 16.5. The first-order chi connectivity index (χ1) is 11.7. The van der Waals surface area contributed by atoms with Crippen LogP contribution in [0, 0.1) is 0 Å². The largest absolute Gasteiger partial charge is 0.496 e. The van der Waals surface area contributed by atoms with Gasteiger partial charge >= 0.3 is 0 Å². The molecule has 134 valence electrons. The third kappa shape index (κ3) is 5.71. The van der Waals surface area contributed by atoms with Gasteiger partial charge in [-0.2, -0.15) is 0 Å². The minimum absolute atomic E-state index is 0.611. The van der Waals surface area contributed by atoms with Gasteiger partial charge in [0.05, 0.1) is 7.11 Å². The van der Waals surface area contributed by atoms with Gasteiger partial charge < -0.3 is 15.4 Å². The van der Waals surface area contributed by atoms with E-state index in [1.165, 1.54) is 18.4 Å². The summed E-state index contributed by atoms with van der Waals surface area (Å²) < 4.78 is 5.39. The summed E-state index contributed by atoms with van der Waals surface area (Å²) in [6.07, 6.45) is 3.61. The molecule has 0 spiro atoms. The van der Waals surface area contributed by atoms with Gasteiger partial charge in [0.2, 0.25) is 0 Å². The number of nitrogens with one attached hydrogen (secondary N) is 2. The van der Waals surface area contributed by atoms with Gasteiger partial charge in [0.1, 0.15) is 5.75 Å². The minimum atomic E-state index is 0.611. The van der Waals surface area contributed by atoms with Crippen molar-refractivity contribution in [3.63, 3.8) is 0 Å². The molecule has 5 heteroatoms. The molecule has 1 aliphatic carbocycles. The van der Waals surface area contributed by atoms with Gasteiger partial charge in [-0.1, -0.05) is 18.2 Å². The first-order valence-electron chi connectivity index (χ1n) is 8.98. The summed E-state index contributed by atoms with van der Waals surface area (Å²) in [6.45, 7) is 7.37. The smallest absolute Gasteiger partial charge is 0.191 e. The predicted octanol–water partition coefficient (Wildman–Crippen LogP) is 2.28. The second-order valence-electron chi connectivity index (χ2n) is 6.55. The Kier molecular flexibility index (Phi) is 7.37. The van der Waals surface area contributed by atoms with E-state index in [9.17, 15) is 0 Å². The van der Waals surface area contributed by atoms with Crippen molar-refractivity contribution in [2.45, 2.75) is 45.2 Å². The summed E-state index contributed by atoms with van der Waals surface area (Å²) in [6, 6.07) is 9.56. The first kappa shape index (κ1) is 18.6. The highest BCUT2D eigenvalue weighted by molar-refractivity contribution is 5.79. The lowest BCUT2D eigenvalue weighted by Crippen LogP contribution is -2.44. The predicted molar refractivity (Wildman–Crippen MR) is 101 cm³/mol. The van der Waals surface area contributed by atoms with Crippen molar-refractivity contribution in [1.82, 2.24) is 15.5 Å². The van der Waals surface area contributed by atoms with Crippen molar-refractivity contribution < 1.29 is 4.74 Å². The molecule has 0 bridgehead atoms. The average Bonchev–Trinajstić information content (AvgIpc) is 3.41. The van der Waals surface area contributed by atoms with Gasteiger partial charge in [-0.25, -0.2) is 0 Å². The van der Waals surface area contributed by atoms with E-state index in [1.54, 1.807) is 7.11 Å². The fourth-order valence-electron chi connectivity index (χ4n) is 3.02. The number of aliphatic imine (C=N–C) groups is 1. The molecule has 2 rings (SSSR count). The van der Waals surface area contributed by atoms with Crippen molar-refractivity contribution in [3.05, 3.63) is 29.8 Å². The third-order valence-corrected chi connectivity index (χ3v) is 4.44. The van der Waals surface area contributed by atoms with Crippen LogP contribution in [0.25, 0.3) is 0 Å². The van der Waals surface area contributed by atoms with Crippen LogP contribution < -0.4 is 15.4 Å². The zero-order valence-corrected chi connectivity index (χ0v) is 15.5. The zero-order valence-electron chi connectivity index (χ0n) is 15.5. The van der Waals surface area contributed by atoms with E-state index in [-0.39, 0.29) is 0 Å². The Morgan fingerprint density at radius 1 is 1.25 bits per heavy atom. The Hall–Kier alpha value is -1.75. The topological polar surface area (TPSA) is 48.9 Å².